The summed E-state index contributed by atoms with van der Waals surface area (Å²) in [4.78, 5) is 23.2. The van der Waals surface area contributed by atoms with Gasteiger partial charge in [0.1, 0.15) is 11.8 Å². The summed E-state index contributed by atoms with van der Waals surface area (Å²) < 4.78 is 1.83. The van der Waals surface area contributed by atoms with Gasteiger partial charge in [-0.3, -0.25) is 9.78 Å². The lowest BCUT2D eigenvalue weighted by molar-refractivity contribution is 0.0933. The molecule has 0 spiro atoms. The van der Waals surface area contributed by atoms with E-state index in [2.05, 4.69) is 31.3 Å². The van der Waals surface area contributed by atoms with Crippen molar-refractivity contribution in [2.45, 2.75) is 18.9 Å². The predicted molar refractivity (Wildman–Crippen MR) is 120 cm³/mol. The molecule has 0 radical (unpaired) electrons. The van der Waals surface area contributed by atoms with E-state index in [4.69, 9.17) is 5.73 Å². The predicted octanol–water partition coefficient (Wildman–Crippen LogP) is 2.77. The van der Waals surface area contributed by atoms with E-state index in [1.165, 1.54) is 6.33 Å². The summed E-state index contributed by atoms with van der Waals surface area (Å²) in [7, 11) is 0. The number of hydrogen-bond acceptors (Lipinski definition) is 6. The van der Waals surface area contributed by atoms with Crippen LogP contribution in [0.1, 0.15) is 23.2 Å². The van der Waals surface area contributed by atoms with Gasteiger partial charge in [-0.1, -0.05) is 18.2 Å². The van der Waals surface area contributed by atoms with E-state index in [1.54, 1.807) is 12.4 Å². The number of hydrogen-bond donors (Lipinski definition) is 2. The van der Waals surface area contributed by atoms with Gasteiger partial charge in [-0.25, -0.2) is 9.50 Å². The van der Waals surface area contributed by atoms with Gasteiger partial charge in [0.25, 0.3) is 5.91 Å². The Balaban J connectivity index is 1.46. The minimum atomic E-state index is -0.0467. The van der Waals surface area contributed by atoms with Gasteiger partial charge in [0.2, 0.25) is 0 Å². The van der Waals surface area contributed by atoms with Crippen molar-refractivity contribution >= 4 is 22.9 Å². The van der Waals surface area contributed by atoms with Crippen molar-refractivity contribution < 1.29 is 4.79 Å². The van der Waals surface area contributed by atoms with Gasteiger partial charge >= 0.3 is 0 Å². The number of nitrogens with one attached hydrogen (secondary N) is 1. The van der Waals surface area contributed by atoms with Crippen LogP contribution in [0.5, 0.6) is 0 Å². The molecule has 4 aromatic rings. The first-order valence-electron chi connectivity index (χ1n) is 10.3. The second kappa shape index (κ2) is 8.06. The Bertz CT molecular complexity index is 1210. The van der Waals surface area contributed by atoms with Crippen molar-refractivity contribution in [3.8, 4) is 11.3 Å². The molecule has 31 heavy (non-hydrogen) atoms. The molecule has 3 aromatic heterocycles. The first-order chi connectivity index (χ1) is 15.2. The molecule has 156 valence electrons. The zero-order chi connectivity index (χ0) is 21.2. The number of amides is 1. The maximum atomic E-state index is 12.6. The highest BCUT2D eigenvalue weighted by molar-refractivity contribution is 5.94. The van der Waals surface area contributed by atoms with Crippen LogP contribution in [-0.2, 0) is 0 Å². The third-order valence-corrected chi connectivity index (χ3v) is 5.67. The molecule has 0 bridgehead atoms. The summed E-state index contributed by atoms with van der Waals surface area (Å²) in [5.74, 6) is 0.385. The maximum absolute atomic E-state index is 12.6. The van der Waals surface area contributed by atoms with Crippen LogP contribution in [0, 0.1) is 0 Å². The van der Waals surface area contributed by atoms with E-state index in [0.717, 1.165) is 41.8 Å². The molecule has 1 fully saturated rings. The van der Waals surface area contributed by atoms with Crippen LogP contribution < -0.4 is 16.0 Å². The Labute approximate surface area is 179 Å². The van der Waals surface area contributed by atoms with E-state index in [1.807, 2.05) is 47.0 Å². The Hall–Kier alpha value is -3.94. The second-order valence-corrected chi connectivity index (χ2v) is 7.68. The van der Waals surface area contributed by atoms with E-state index < -0.39 is 0 Å². The number of anilines is 2. The van der Waals surface area contributed by atoms with E-state index >= 15 is 0 Å². The van der Waals surface area contributed by atoms with Gasteiger partial charge in [0, 0.05) is 42.7 Å². The highest BCUT2D eigenvalue weighted by Gasteiger charge is 2.26. The zero-order valence-electron chi connectivity index (χ0n) is 17.0. The molecule has 1 aromatic carbocycles. The van der Waals surface area contributed by atoms with Crippen LogP contribution in [0.15, 0.2) is 67.3 Å². The topological polar surface area (TPSA) is 101 Å². The molecule has 8 nitrogen and oxygen atoms in total. The minimum absolute atomic E-state index is 0.0467. The zero-order valence-corrected chi connectivity index (χ0v) is 17.0. The van der Waals surface area contributed by atoms with Crippen molar-refractivity contribution in [2.75, 3.05) is 23.7 Å². The normalized spacial score (nSPS) is 16.4. The number of carbonyl (C=O) groups excluding carboxylic acids is 1. The van der Waals surface area contributed by atoms with Gasteiger partial charge in [-0.05, 0) is 43.2 Å². The molecule has 1 amide bonds. The van der Waals surface area contributed by atoms with Crippen molar-refractivity contribution in [3.05, 3.63) is 72.8 Å². The molecule has 0 unspecified atom stereocenters. The second-order valence-electron chi connectivity index (χ2n) is 7.68. The summed E-state index contributed by atoms with van der Waals surface area (Å²) >= 11 is 0. The number of carbonyl (C=O) groups is 1. The van der Waals surface area contributed by atoms with Crippen LogP contribution in [0.3, 0.4) is 0 Å². The Kier molecular flexibility index (Phi) is 4.95. The van der Waals surface area contributed by atoms with Gasteiger partial charge in [0.05, 0.1) is 11.4 Å². The number of pyridine rings is 1. The van der Waals surface area contributed by atoms with Crippen molar-refractivity contribution in [1.82, 2.24) is 24.9 Å². The number of fused-ring (bicyclic) bond motifs is 1. The fraction of sp³-hybridized carbons (Fsp3) is 0.217. The van der Waals surface area contributed by atoms with Crippen LogP contribution in [0.4, 0.5) is 11.5 Å². The fourth-order valence-electron chi connectivity index (χ4n) is 4.19. The van der Waals surface area contributed by atoms with Gasteiger partial charge < -0.3 is 16.0 Å². The molecule has 3 N–H and O–H groups in total. The molecule has 1 aliphatic heterocycles. The molecular formula is C23H23N7O. The molecule has 8 heteroatoms. The lowest BCUT2D eigenvalue weighted by Crippen LogP contribution is -2.47. The maximum Gasteiger partial charge on any atom is 0.251 e. The smallest absolute Gasteiger partial charge is 0.251 e. The largest absolute Gasteiger partial charge is 0.382 e. The average molecular weight is 413 g/mol. The Morgan fingerprint density at radius 1 is 1.13 bits per heavy atom. The van der Waals surface area contributed by atoms with E-state index in [9.17, 15) is 4.79 Å². The summed E-state index contributed by atoms with van der Waals surface area (Å²) in [5.41, 5.74) is 10.6. The number of nitrogens with two attached hydrogens (primary N) is 1. The number of benzene rings is 1. The lowest BCUT2D eigenvalue weighted by Gasteiger charge is -2.34. The monoisotopic (exact) mass is 413 g/mol. The van der Waals surface area contributed by atoms with Crippen LogP contribution in [0.25, 0.3) is 16.8 Å². The molecule has 0 saturated carbocycles. The standard InChI is InChI=1S/C23H23N7O/c24-22-21-20(13-19(30(21)27-15-26-22)16-8-10-25-11-9-16)29-12-4-7-18(14-29)28-23(31)17-5-2-1-3-6-17/h1-3,5-6,8-11,13,15,18H,4,7,12,14H2,(H,28,31)(H2,24,26,27)/t18-/m1/s1. The number of rotatable bonds is 4. The van der Waals surface area contributed by atoms with Crippen LogP contribution >= 0.6 is 0 Å². The van der Waals surface area contributed by atoms with Gasteiger partial charge in [0.15, 0.2) is 5.82 Å². The highest BCUT2D eigenvalue weighted by Crippen LogP contribution is 2.34. The fourth-order valence-corrected chi connectivity index (χ4v) is 4.19. The first kappa shape index (κ1) is 19.0. The highest BCUT2D eigenvalue weighted by atomic mass is 16.1. The summed E-state index contributed by atoms with van der Waals surface area (Å²) in [6.07, 6.45) is 6.89. The van der Waals surface area contributed by atoms with Crippen LogP contribution in [-0.4, -0.2) is 44.6 Å². The third kappa shape index (κ3) is 3.68. The molecule has 5 rings (SSSR count). The third-order valence-electron chi connectivity index (χ3n) is 5.67. The first-order valence-corrected chi connectivity index (χ1v) is 10.3. The summed E-state index contributed by atoms with van der Waals surface area (Å²) in [6, 6.07) is 15.4. The number of piperidine rings is 1. The SMILES string of the molecule is Nc1ncnn2c(-c3ccncc3)cc(N3CCC[C@@H](NC(=O)c4ccccc4)C3)c12. The van der Waals surface area contributed by atoms with Gasteiger partial charge in [-0.15, -0.1) is 0 Å². The van der Waals surface area contributed by atoms with Crippen molar-refractivity contribution in [2.24, 2.45) is 0 Å². The van der Waals surface area contributed by atoms with Gasteiger partial charge in [-0.2, -0.15) is 5.10 Å². The van der Waals surface area contributed by atoms with Crippen LogP contribution in [0.2, 0.25) is 0 Å². The van der Waals surface area contributed by atoms with E-state index in [0.29, 0.717) is 17.9 Å². The molecule has 1 saturated heterocycles. The molecule has 4 heterocycles. The molecule has 1 aliphatic rings. The number of nitrogen functional groups attached to an aromatic ring is 1. The lowest BCUT2D eigenvalue weighted by atomic mass is 10.0. The Morgan fingerprint density at radius 2 is 1.94 bits per heavy atom. The summed E-state index contributed by atoms with van der Waals surface area (Å²) in [5, 5.41) is 7.63. The molecule has 0 aliphatic carbocycles. The summed E-state index contributed by atoms with van der Waals surface area (Å²) in [6.45, 7) is 1.57. The minimum Gasteiger partial charge on any atom is -0.382 e. The average Bonchev–Trinajstić information content (AvgIpc) is 3.21. The van der Waals surface area contributed by atoms with Crippen molar-refractivity contribution in [3.63, 3.8) is 0 Å². The molecular weight excluding hydrogens is 390 g/mol. The Morgan fingerprint density at radius 3 is 2.74 bits per heavy atom. The quantitative estimate of drug-likeness (QED) is 0.533. The molecule has 1 atom stereocenters. The number of nitrogens with zero attached hydrogens (tertiary/aromatic N) is 5. The number of aromatic nitrogens is 4. The van der Waals surface area contributed by atoms with E-state index in [-0.39, 0.29) is 11.9 Å². The van der Waals surface area contributed by atoms with Crippen molar-refractivity contribution in [1.29, 1.82) is 0 Å².